The fourth-order valence-electron chi connectivity index (χ4n) is 18.2. The molecule has 9 heterocycles. The van der Waals surface area contributed by atoms with Gasteiger partial charge in [-0.25, -0.2) is 34.1 Å². The maximum Gasteiger partial charge on any atom is 0.407 e. The highest BCUT2D eigenvalue weighted by atomic mass is 79.9. The van der Waals surface area contributed by atoms with Gasteiger partial charge in [-0.3, -0.25) is 33.8 Å². The molecule has 0 bridgehead atoms. The van der Waals surface area contributed by atoms with Crippen molar-refractivity contribution in [3.8, 4) is 44.9 Å². The van der Waals surface area contributed by atoms with Gasteiger partial charge in [-0.1, -0.05) is 208 Å². The van der Waals surface area contributed by atoms with Crippen molar-refractivity contribution >= 4 is 121 Å². The number of carbonyl (C=O) groups is 10. The molecule has 0 saturated carbocycles. The standard InChI is InChI=1S/C44H50N8O7.C32H43BN4O3.C21H24BrN3O4/c1-24(2)37(49-43(56)58-5)41(54)51-17-7-8-35(51)39-45-22-34(48-39)31-16-15-29-18-28(13-14-30(29)19-31)26-9-11-27(12-10-26)33-21-46-40(47-33)36-20-32(53)23-52(36)42(55)38(25(3)4)50-44(57)59-6;1-20(2)27(36-30(39)40-7)29(38)37-14-8-9-26(37)28-34-17-25(35-28)23-11-10-22-16-24(13-12-21(22)15-23)33-18-31(3,4)32(5,6)19-33;1-12(2)19(24-21(28)29-3)20(27)25-11-16(26)9-18(25)17-8-14(10-23-17)13-4-6-15(22)7-5-13/h9-16,18-19,21-22,24-25,35-38H,7-8,17,20,23H2,1-6H3,(H,45,48)(H,46,47)(H,49,56)(H,50,57);10-13,15-17,20,26-27H,8-9,14,18-19H2,1-7H3,(H,34,35)(H,36,39);4-7,10,12,18-19H,8-9,11H2,1-3H3,(H,24,28)/t35-,36-,37-,38-;26-,27-;18-,19-/m000/s1. The summed E-state index contributed by atoms with van der Waals surface area (Å²) in [5, 5.41) is 15.2. The SMILES string of the molecule is COC(=O)N[C@H](C(=O)N1CC(=O)C[C@H]1C1=NC=C(c2ccc(Br)cc2)C1)C(C)C.COC(=O)N[C@H](C(=O)N1CCC[C@H]1c1ncc(-c2ccc3cc(-c4ccc(-c5cnc([C@@H]6CC(=O)CN6C(=O)[C@@H](NC(=O)OC)C(C)C)[nH]5)cc4)ccc3c2)[nH]1)C(C)C.COC(=O)N[C@H](C(=O)N1CCC[C@H]1c1ncc(-c2ccc3cc(B4CC(C)(C)C(C)(C)C4)ccc3c2)[nH]1)C(C)C. The molecule has 3 aromatic heterocycles. The van der Waals surface area contributed by atoms with Gasteiger partial charge in [-0.15, -0.1) is 0 Å². The molecule has 0 unspecified atom stereocenters. The molecule has 0 spiro atoms. The van der Waals surface area contributed by atoms with Crippen molar-refractivity contribution in [3.05, 3.63) is 174 Å². The van der Waals surface area contributed by atoms with Crippen molar-refractivity contribution < 1.29 is 66.9 Å². The van der Waals surface area contributed by atoms with Crippen LogP contribution in [0.1, 0.15) is 169 Å². The number of imidazole rings is 3. The number of halogens is 1. The molecule has 9 aromatic rings. The molecule has 5 saturated heterocycles. The third kappa shape index (κ3) is 20.9. The number of hydrogen-bond donors (Lipinski definition) is 7. The molecule has 8 atom stereocenters. The Morgan fingerprint density at radius 2 is 0.773 bits per heavy atom. The van der Waals surface area contributed by atoms with Crippen molar-refractivity contribution in [1.29, 1.82) is 0 Å². The molecule has 0 aliphatic carbocycles. The van der Waals surface area contributed by atoms with Gasteiger partial charge in [0.1, 0.15) is 41.6 Å². The van der Waals surface area contributed by atoms with Gasteiger partial charge in [0.15, 0.2) is 18.3 Å². The summed E-state index contributed by atoms with van der Waals surface area (Å²) in [6, 6.07) is 37.8. The first-order valence-electron chi connectivity index (χ1n) is 44.0. The Balaban J connectivity index is 0.000000176. The lowest BCUT2D eigenvalue weighted by Gasteiger charge is -2.35. The number of Topliss-reactive ketones (excluding diaryl/α,β-unsaturated/α-hetero) is 2. The maximum absolute atomic E-state index is 13.6. The number of amides is 8. The Bertz CT molecular complexity index is 5680. The number of benzene rings is 6. The number of fused-ring (bicyclic) bond motifs is 2. The summed E-state index contributed by atoms with van der Waals surface area (Å²) < 4.78 is 19.9. The predicted molar refractivity (Wildman–Crippen MR) is 496 cm³/mol. The van der Waals surface area contributed by atoms with Crippen molar-refractivity contribution in [2.75, 3.05) is 54.6 Å². The molecule has 674 valence electrons. The molecule has 6 aliphatic heterocycles. The Morgan fingerprint density at radius 3 is 1.20 bits per heavy atom. The highest BCUT2D eigenvalue weighted by Crippen LogP contribution is 2.53. The number of hydrogen-bond acceptors (Lipinski definition) is 18. The molecule has 5 fully saturated rings. The van der Waals surface area contributed by atoms with Gasteiger partial charge in [-0.05, 0) is 140 Å². The van der Waals surface area contributed by atoms with Crippen LogP contribution >= 0.6 is 15.9 Å². The van der Waals surface area contributed by atoms with Gasteiger partial charge in [0.25, 0.3) is 0 Å². The number of likely N-dealkylation sites (tertiary alicyclic amines) is 4. The minimum atomic E-state index is -0.851. The van der Waals surface area contributed by atoms with Crippen molar-refractivity contribution in [2.24, 2.45) is 39.5 Å². The highest BCUT2D eigenvalue weighted by Gasteiger charge is 2.49. The molecular weight excluding hydrogens is 1690 g/mol. The van der Waals surface area contributed by atoms with Crippen LogP contribution in [0.3, 0.4) is 0 Å². The van der Waals surface area contributed by atoms with E-state index in [0.29, 0.717) is 48.7 Å². The average Bonchev–Trinajstić information content (AvgIpc) is 1.61. The number of nitrogens with zero attached hydrogens (tertiary/aromatic N) is 8. The summed E-state index contributed by atoms with van der Waals surface area (Å²) in [4.78, 5) is 161. The number of aliphatic imine (C=N–C) groups is 1. The van der Waals surface area contributed by atoms with E-state index in [0.717, 1.165) is 109 Å². The number of aromatic amines is 3. The molecule has 6 aliphatic rings. The summed E-state index contributed by atoms with van der Waals surface area (Å²) in [6.07, 6.45) is 11.3. The van der Waals surface area contributed by atoms with Crippen molar-refractivity contribution in [3.63, 3.8) is 0 Å². The Labute approximate surface area is 755 Å². The molecule has 0 radical (unpaired) electrons. The summed E-state index contributed by atoms with van der Waals surface area (Å²) in [5.74, 6) is 0.451. The number of nitrogens with one attached hydrogen (secondary N) is 7. The van der Waals surface area contributed by atoms with Crippen LogP contribution in [0.15, 0.2) is 156 Å². The zero-order valence-corrected chi connectivity index (χ0v) is 77.3. The molecule has 7 N–H and O–H groups in total. The van der Waals surface area contributed by atoms with Crippen LogP contribution in [0.4, 0.5) is 19.2 Å². The smallest absolute Gasteiger partial charge is 0.407 e. The second-order valence-corrected chi connectivity index (χ2v) is 37.7. The fourth-order valence-corrected chi connectivity index (χ4v) is 18.5. The van der Waals surface area contributed by atoms with Gasteiger partial charge >= 0.3 is 24.4 Å². The van der Waals surface area contributed by atoms with E-state index in [1.54, 1.807) is 28.4 Å². The van der Waals surface area contributed by atoms with Gasteiger partial charge in [0.2, 0.25) is 23.6 Å². The zero-order valence-electron chi connectivity index (χ0n) is 75.7. The Morgan fingerprint density at radius 1 is 0.430 bits per heavy atom. The first-order valence-corrected chi connectivity index (χ1v) is 44.8. The van der Waals surface area contributed by atoms with E-state index in [1.807, 2.05) is 115 Å². The van der Waals surface area contributed by atoms with Crippen LogP contribution in [-0.4, -0.2) is 206 Å². The minimum absolute atomic E-state index is 0.0104. The topological polar surface area (TPSA) is 367 Å². The highest BCUT2D eigenvalue weighted by molar-refractivity contribution is 9.10. The van der Waals surface area contributed by atoms with Gasteiger partial charge in [0, 0.05) is 59.9 Å². The van der Waals surface area contributed by atoms with E-state index < -0.39 is 54.6 Å². The van der Waals surface area contributed by atoms with Crippen LogP contribution in [0.2, 0.25) is 12.6 Å². The van der Waals surface area contributed by atoms with E-state index in [1.165, 1.54) is 62.2 Å². The predicted octanol–water partition coefficient (Wildman–Crippen LogP) is 15.8. The first kappa shape index (κ1) is 93.4. The number of ketones is 2. The molecule has 6 aromatic carbocycles. The van der Waals surface area contributed by atoms with Gasteiger partial charge in [-0.2, -0.15) is 0 Å². The number of alkyl carbamates (subject to hydrolysis) is 4. The third-order valence-corrected chi connectivity index (χ3v) is 26.8. The van der Waals surface area contributed by atoms with Gasteiger partial charge in [0.05, 0.1) is 101 Å². The maximum atomic E-state index is 13.6. The number of ether oxygens (including phenoxy) is 4. The summed E-state index contributed by atoms with van der Waals surface area (Å²) in [7, 11) is 5.09. The second-order valence-electron chi connectivity index (χ2n) is 36.8. The summed E-state index contributed by atoms with van der Waals surface area (Å²) >= 11 is 3.43. The third-order valence-electron chi connectivity index (χ3n) is 26.3. The number of H-pyrrole nitrogens is 3. The van der Waals surface area contributed by atoms with Crippen LogP contribution in [-0.2, 0) is 47.7 Å². The number of carbonyl (C=O) groups excluding carboxylic acids is 10. The Hall–Kier alpha value is -12.3. The number of methoxy groups -OCH3 is 4. The van der Waals surface area contributed by atoms with Crippen LogP contribution in [0.5, 0.6) is 0 Å². The van der Waals surface area contributed by atoms with E-state index >= 15 is 0 Å². The van der Waals surface area contributed by atoms with E-state index in [9.17, 15) is 47.9 Å². The number of allylic oxidation sites excluding steroid dienone is 1. The first-order chi connectivity index (χ1) is 61.0. The lowest BCUT2D eigenvalue weighted by Crippen LogP contribution is -2.53. The zero-order chi connectivity index (χ0) is 91.9. The molecule has 29 nitrogen and oxygen atoms in total. The number of rotatable bonds is 22. The normalized spacial score (nSPS) is 19.1. The van der Waals surface area contributed by atoms with Crippen molar-refractivity contribution in [1.82, 2.24) is 70.8 Å². The number of aromatic nitrogens is 6. The molecular formula is C97H117BBrN15O14. The summed E-state index contributed by atoms with van der Waals surface area (Å²) in [5.41, 5.74) is 12.6. The van der Waals surface area contributed by atoms with Crippen molar-refractivity contribution in [2.45, 2.75) is 189 Å². The van der Waals surface area contributed by atoms with Crippen LogP contribution in [0.25, 0.3) is 72.0 Å². The largest absolute Gasteiger partial charge is 0.453 e. The minimum Gasteiger partial charge on any atom is -0.453 e. The second kappa shape index (κ2) is 39.9. The van der Waals surface area contributed by atoms with E-state index in [4.69, 9.17) is 24.2 Å². The quantitative estimate of drug-likeness (QED) is 0.0245. The molecule has 8 amide bonds. The van der Waals surface area contributed by atoms with E-state index in [-0.39, 0.29) is 103 Å². The van der Waals surface area contributed by atoms with E-state index in [2.05, 4.69) is 167 Å². The molecule has 31 heteroatoms. The van der Waals surface area contributed by atoms with Crippen LogP contribution in [0, 0.1) is 34.5 Å². The molecule has 128 heavy (non-hydrogen) atoms. The lowest BCUT2D eigenvalue weighted by atomic mass is 9.42. The fraction of sp³-hybridized carbons (Fsp3) is 0.443. The summed E-state index contributed by atoms with van der Waals surface area (Å²) in [6.45, 7) is 26.4. The Kier molecular flexibility index (Phi) is 29.1. The van der Waals surface area contributed by atoms with Crippen LogP contribution < -0.4 is 26.7 Å². The lowest BCUT2D eigenvalue weighted by molar-refractivity contribution is -0.136. The van der Waals surface area contributed by atoms with Gasteiger partial charge < -0.3 is 74.8 Å². The molecule has 15 rings (SSSR count). The monoisotopic (exact) mass is 1810 g/mol. The average molecular weight is 1810 g/mol.